The Bertz CT molecular complexity index is 2500. The van der Waals surface area contributed by atoms with E-state index in [1.807, 2.05) is 0 Å². The van der Waals surface area contributed by atoms with Crippen LogP contribution in [0.15, 0.2) is 158 Å². The molecule has 9 rings (SSSR count). The lowest BCUT2D eigenvalue weighted by atomic mass is 9.86. The van der Waals surface area contributed by atoms with Crippen molar-refractivity contribution in [3.8, 4) is 22.3 Å². The van der Waals surface area contributed by atoms with E-state index in [9.17, 15) is 0 Å². The third kappa shape index (κ3) is 3.30. The predicted octanol–water partition coefficient (Wildman–Crippen LogP) is 11.9. The standard InChI is InChI=1S/C42H26/c1-2-12-27(13-3-1)29-20-10-23-32-30(21-11-22-31(29)32)28-24-25-39-40(26-28)35-16-6-9-19-38(35)41-36-17-7-4-14-33(36)34-15-5-8-18-37(34)42(39)41/h1-26H. The lowest BCUT2D eigenvalue weighted by Gasteiger charge is -2.17. The van der Waals surface area contributed by atoms with E-state index < -0.39 is 0 Å². The SMILES string of the molecule is c1ccc(-c2cccc3c(-c4ccc5c(c4)c4ccccc4c4c6ccccc6c6ccccc6c54)cccc23)cc1. The van der Waals surface area contributed by atoms with E-state index in [0.29, 0.717) is 0 Å². The van der Waals surface area contributed by atoms with Crippen LogP contribution in [0.3, 0.4) is 0 Å². The highest BCUT2D eigenvalue weighted by Crippen LogP contribution is 2.45. The minimum atomic E-state index is 1.24. The molecule has 0 aliphatic rings. The molecular weight excluding hydrogens is 504 g/mol. The molecule has 194 valence electrons. The number of hydrogen-bond donors (Lipinski definition) is 0. The zero-order valence-corrected chi connectivity index (χ0v) is 23.0. The number of rotatable bonds is 2. The molecule has 0 radical (unpaired) electrons. The summed E-state index contributed by atoms with van der Waals surface area (Å²) in [5.41, 5.74) is 5.02. The topological polar surface area (TPSA) is 0 Å². The summed E-state index contributed by atoms with van der Waals surface area (Å²) in [6.45, 7) is 0. The minimum absolute atomic E-state index is 1.24. The maximum Gasteiger partial charge on any atom is -0.00139 e. The molecule has 0 saturated carbocycles. The Morgan fingerprint density at radius 1 is 0.214 bits per heavy atom. The van der Waals surface area contributed by atoms with E-state index in [2.05, 4.69) is 158 Å². The van der Waals surface area contributed by atoms with Gasteiger partial charge in [0.25, 0.3) is 0 Å². The van der Waals surface area contributed by atoms with E-state index in [-0.39, 0.29) is 0 Å². The molecule has 42 heavy (non-hydrogen) atoms. The second-order valence-electron chi connectivity index (χ2n) is 11.2. The molecular formula is C42H26. The average molecular weight is 531 g/mol. The zero-order valence-electron chi connectivity index (χ0n) is 23.0. The van der Waals surface area contributed by atoms with Crippen molar-refractivity contribution in [1.29, 1.82) is 0 Å². The first-order valence-electron chi connectivity index (χ1n) is 14.6. The Morgan fingerprint density at radius 3 is 1.17 bits per heavy atom. The maximum atomic E-state index is 2.42. The van der Waals surface area contributed by atoms with Crippen LogP contribution in [0.25, 0.3) is 86.9 Å². The molecule has 0 N–H and O–H groups in total. The van der Waals surface area contributed by atoms with Crippen LogP contribution in [0, 0.1) is 0 Å². The fourth-order valence-electron chi connectivity index (χ4n) is 7.22. The minimum Gasteiger partial charge on any atom is -0.0622 e. The van der Waals surface area contributed by atoms with E-state index in [4.69, 9.17) is 0 Å². The van der Waals surface area contributed by atoms with Gasteiger partial charge >= 0.3 is 0 Å². The predicted molar refractivity (Wildman–Crippen MR) is 182 cm³/mol. The van der Waals surface area contributed by atoms with Gasteiger partial charge in [-0.05, 0) is 93.0 Å². The van der Waals surface area contributed by atoms with Crippen LogP contribution >= 0.6 is 0 Å². The number of fused-ring (bicyclic) bond motifs is 12. The van der Waals surface area contributed by atoms with Crippen LogP contribution < -0.4 is 0 Å². The Labute approximate surface area is 244 Å². The van der Waals surface area contributed by atoms with Crippen LogP contribution in [0.5, 0.6) is 0 Å². The number of benzene rings is 9. The molecule has 0 heterocycles. The highest BCUT2D eigenvalue weighted by atomic mass is 14.2. The molecule has 0 bridgehead atoms. The van der Waals surface area contributed by atoms with Crippen molar-refractivity contribution in [2.24, 2.45) is 0 Å². The summed E-state index contributed by atoms with van der Waals surface area (Å²) in [6, 6.07) is 57.9. The van der Waals surface area contributed by atoms with Gasteiger partial charge in [0.15, 0.2) is 0 Å². The Morgan fingerprint density at radius 2 is 0.619 bits per heavy atom. The molecule has 0 fully saturated rings. The molecule has 0 aliphatic heterocycles. The molecule has 0 spiro atoms. The molecule has 0 aromatic heterocycles. The van der Waals surface area contributed by atoms with Crippen molar-refractivity contribution in [3.05, 3.63) is 158 Å². The number of hydrogen-bond acceptors (Lipinski definition) is 0. The second-order valence-corrected chi connectivity index (χ2v) is 11.2. The average Bonchev–Trinajstić information content (AvgIpc) is 3.07. The van der Waals surface area contributed by atoms with E-state index in [0.717, 1.165) is 0 Å². The molecule has 0 heteroatoms. The van der Waals surface area contributed by atoms with Gasteiger partial charge in [0.2, 0.25) is 0 Å². The lowest BCUT2D eigenvalue weighted by molar-refractivity contribution is 1.64. The first-order valence-corrected chi connectivity index (χ1v) is 14.6. The monoisotopic (exact) mass is 530 g/mol. The molecule has 9 aromatic rings. The van der Waals surface area contributed by atoms with E-state index in [1.165, 1.54) is 86.9 Å². The summed E-state index contributed by atoms with van der Waals surface area (Å²) in [6.07, 6.45) is 0. The quantitative estimate of drug-likeness (QED) is 0.195. The van der Waals surface area contributed by atoms with Crippen LogP contribution in [0.4, 0.5) is 0 Å². The van der Waals surface area contributed by atoms with E-state index in [1.54, 1.807) is 0 Å². The van der Waals surface area contributed by atoms with Crippen molar-refractivity contribution in [1.82, 2.24) is 0 Å². The molecule has 0 aliphatic carbocycles. The summed E-state index contributed by atoms with van der Waals surface area (Å²) < 4.78 is 0. The highest BCUT2D eigenvalue weighted by Gasteiger charge is 2.16. The molecule has 0 atom stereocenters. The van der Waals surface area contributed by atoms with Crippen molar-refractivity contribution in [2.75, 3.05) is 0 Å². The third-order valence-corrected chi connectivity index (χ3v) is 9.03. The molecule has 0 saturated heterocycles. The normalized spacial score (nSPS) is 11.8. The van der Waals surface area contributed by atoms with Crippen LogP contribution in [-0.2, 0) is 0 Å². The first kappa shape index (κ1) is 23.3. The third-order valence-electron chi connectivity index (χ3n) is 9.03. The Kier molecular flexibility index (Phi) is 5.00. The largest absolute Gasteiger partial charge is 0.0622 e. The summed E-state index contributed by atoms with van der Waals surface area (Å²) in [5, 5.41) is 15.7. The van der Waals surface area contributed by atoms with Gasteiger partial charge in [-0.1, -0.05) is 152 Å². The van der Waals surface area contributed by atoms with Gasteiger partial charge in [-0.15, -0.1) is 0 Å². The Hall–Kier alpha value is -5.46. The molecule has 0 amide bonds. The first-order chi connectivity index (χ1) is 20.9. The summed E-state index contributed by atoms with van der Waals surface area (Å²) >= 11 is 0. The Balaban J connectivity index is 1.41. The molecule has 9 aromatic carbocycles. The second kappa shape index (κ2) is 9.03. The van der Waals surface area contributed by atoms with Crippen LogP contribution in [-0.4, -0.2) is 0 Å². The zero-order chi connectivity index (χ0) is 27.6. The van der Waals surface area contributed by atoms with Crippen molar-refractivity contribution in [2.45, 2.75) is 0 Å². The van der Waals surface area contributed by atoms with Gasteiger partial charge < -0.3 is 0 Å². The van der Waals surface area contributed by atoms with Crippen molar-refractivity contribution < 1.29 is 0 Å². The lowest BCUT2D eigenvalue weighted by Crippen LogP contribution is -1.89. The van der Waals surface area contributed by atoms with Crippen LogP contribution in [0.2, 0.25) is 0 Å². The fraction of sp³-hybridized carbons (Fsp3) is 0. The fourth-order valence-corrected chi connectivity index (χ4v) is 7.22. The van der Waals surface area contributed by atoms with Gasteiger partial charge in [-0.3, -0.25) is 0 Å². The summed E-state index contributed by atoms with van der Waals surface area (Å²) in [4.78, 5) is 0. The molecule has 0 unspecified atom stereocenters. The van der Waals surface area contributed by atoms with Crippen molar-refractivity contribution >= 4 is 64.6 Å². The summed E-state index contributed by atoms with van der Waals surface area (Å²) in [7, 11) is 0. The van der Waals surface area contributed by atoms with Gasteiger partial charge in [-0.25, -0.2) is 0 Å². The smallest absolute Gasteiger partial charge is 0.00139 e. The van der Waals surface area contributed by atoms with E-state index >= 15 is 0 Å². The highest BCUT2D eigenvalue weighted by molar-refractivity contribution is 6.39. The van der Waals surface area contributed by atoms with Gasteiger partial charge in [-0.2, -0.15) is 0 Å². The van der Waals surface area contributed by atoms with Crippen molar-refractivity contribution in [3.63, 3.8) is 0 Å². The van der Waals surface area contributed by atoms with Gasteiger partial charge in [0, 0.05) is 0 Å². The summed E-state index contributed by atoms with van der Waals surface area (Å²) in [5.74, 6) is 0. The van der Waals surface area contributed by atoms with Crippen LogP contribution in [0.1, 0.15) is 0 Å². The van der Waals surface area contributed by atoms with Gasteiger partial charge in [0.05, 0.1) is 0 Å². The molecule has 0 nitrogen and oxygen atoms in total. The maximum absolute atomic E-state index is 2.42. The van der Waals surface area contributed by atoms with Gasteiger partial charge in [0.1, 0.15) is 0 Å².